The van der Waals surface area contributed by atoms with Gasteiger partial charge in [-0.15, -0.1) is 0 Å². The van der Waals surface area contributed by atoms with Crippen LogP contribution in [-0.2, 0) is 6.18 Å². The SMILES string of the molecule is CN(C(=O)c1ccc(C(F)(F)F)nc1)C(C)(C)CO. The van der Waals surface area contributed by atoms with Crippen LogP contribution in [-0.4, -0.2) is 40.1 Å². The van der Waals surface area contributed by atoms with E-state index in [1.807, 2.05) is 0 Å². The van der Waals surface area contributed by atoms with Gasteiger partial charge in [0.2, 0.25) is 0 Å². The zero-order chi connectivity index (χ0) is 14.8. The highest BCUT2D eigenvalue weighted by Crippen LogP contribution is 2.27. The minimum Gasteiger partial charge on any atom is -0.394 e. The van der Waals surface area contributed by atoms with Crippen LogP contribution in [0.3, 0.4) is 0 Å². The fourth-order valence-corrected chi connectivity index (χ4v) is 1.26. The highest BCUT2D eigenvalue weighted by Gasteiger charge is 2.33. The van der Waals surface area contributed by atoms with Gasteiger partial charge >= 0.3 is 6.18 Å². The van der Waals surface area contributed by atoms with E-state index in [1.165, 1.54) is 11.9 Å². The van der Waals surface area contributed by atoms with Crippen molar-refractivity contribution in [2.45, 2.75) is 25.6 Å². The molecule has 1 N–H and O–H groups in total. The molecule has 0 spiro atoms. The summed E-state index contributed by atoms with van der Waals surface area (Å²) in [5, 5.41) is 9.15. The fourth-order valence-electron chi connectivity index (χ4n) is 1.26. The third kappa shape index (κ3) is 3.44. The summed E-state index contributed by atoms with van der Waals surface area (Å²) in [6, 6.07) is 1.83. The Labute approximate surface area is 108 Å². The second-order valence-corrected chi connectivity index (χ2v) is 4.76. The number of likely N-dealkylation sites (N-methyl/N-ethyl adjacent to an activating group) is 1. The van der Waals surface area contributed by atoms with E-state index in [0.717, 1.165) is 18.3 Å². The predicted molar refractivity (Wildman–Crippen MR) is 62.5 cm³/mol. The van der Waals surface area contributed by atoms with E-state index in [9.17, 15) is 18.0 Å². The zero-order valence-electron chi connectivity index (χ0n) is 10.8. The van der Waals surface area contributed by atoms with Crippen molar-refractivity contribution in [3.05, 3.63) is 29.6 Å². The van der Waals surface area contributed by atoms with Crippen LogP contribution in [0, 0.1) is 0 Å². The molecule has 0 atom stereocenters. The lowest BCUT2D eigenvalue weighted by molar-refractivity contribution is -0.141. The van der Waals surface area contributed by atoms with Crippen LogP contribution in [0.4, 0.5) is 13.2 Å². The van der Waals surface area contributed by atoms with Gasteiger partial charge in [-0.1, -0.05) is 0 Å². The molecule has 0 aliphatic carbocycles. The minimum absolute atomic E-state index is 0.0389. The third-order valence-electron chi connectivity index (χ3n) is 2.90. The average Bonchev–Trinajstić information content (AvgIpc) is 2.36. The van der Waals surface area contributed by atoms with Crippen LogP contribution in [0.1, 0.15) is 29.9 Å². The fraction of sp³-hybridized carbons (Fsp3) is 0.500. The lowest BCUT2D eigenvalue weighted by Gasteiger charge is -2.33. The molecule has 4 nitrogen and oxygen atoms in total. The summed E-state index contributed by atoms with van der Waals surface area (Å²) < 4.78 is 37.0. The molecule has 1 aromatic heterocycles. The normalized spacial score (nSPS) is 12.4. The van der Waals surface area contributed by atoms with Crippen LogP contribution < -0.4 is 0 Å². The second kappa shape index (κ2) is 5.16. The highest BCUT2D eigenvalue weighted by molar-refractivity contribution is 5.94. The quantitative estimate of drug-likeness (QED) is 0.918. The zero-order valence-corrected chi connectivity index (χ0v) is 10.8. The molecule has 19 heavy (non-hydrogen) atoms. The summed E-state index contributed by atoms with van der Waals surface area (Å²) in [7, 11) is 1.47. The van der Waals surface area contributed by atoms with E-state index < -0.39 is 23.3 Å². The van der Waals surface area contributed by atoms with E-state index in [-0.39, 0.29) is 12.2 Å². The summed E-state index contributed by atoms with van der Waals surface area (Å²) in [5.74, 6) is -0.500. The Morgan fingerprint density at radius 2 is 1.95 bits per heavy atom. The number of rotatable bonds is 3. The summed E-state index contributed by atoms with van der Waals surface area (Å²) in [4.78, 5) is 16.5. The van der Waals surface area contributed by atoms with Gasteiger partial charge in [0.05, 0.1) is 17.7 Å². The Balaban J connectivity index is 2.96. The van der Waals surface area contributed by atoms with Crippen molar-refractivity contribution in [1.29, 1.82) is 0 Å². The van der Waals surface area contributed by atoms with Gasteiger partial charge in [-0.2, -0.15) is 13.2 Å². The topological polar surface area (TPSA) is 53.4 Å². The number of aliphatic hydroxyl groups is 1. The highest BCUT2D eigenvalue weighted by atomic mass is 19.4. The van der Waals surface area contributed by atoms with Crippen LogP contribution in [0.25, 0.3) is 0 Å². The molecular weight excluding hydrogens is 261 g/mol. The van der Waals surface area contributed by atoms with E-state index in [2.05, 4.69) is 4.98 Å². The molecule has 0 fully saturated rings. The van der Waals surface area contributed by atoms with Crippen molar-refractivity contribution >= 4 is 5.91 Å². The van der Waals surface area contributed by atoms with E-state index in [4.69, 9.17) is 5.11 Å². The monoisotopic (exact) mass is 276 g/mol. The molecule has 0 aromatic carbocycles. The number of amides is 1. The summed E-state index contributed by atoms with van der Waals surface area (Å²) in [6.07, 6.45) is -3.65. The first-order valence-corrected chi connectivity index (χ1v) is 5.52. The largest absolute Gasteiger partial charge is 0.433 e. The first kappa shape index (κ1) is 15.4. The lowest BCUT2D eigenvalue weighted by atomic mass is 10.0. The van der Waals surface area contributed by atoms with Crippen molar-refractivity contribution in [2.75, 3.05) is 13.7 Å². The van der Waals surface area contributed by atoms with Crippen LogP contribution in [0.2, 0.25) is 0 Å². The van der Waals surface area contributed by atoms with Gasteiger partial charge in [0.15, 0.2) is 0 Å². The molecule has 1 aromatic rings. The summed E-state index contributed by atoms with van der Waals surface area (Å²) >= 11 is 0. The number of alkyl halides is 3. The number of carbonyl (C=O) groups is 1. The lowest BCUT2D eigenvalue weighted by Crippen LogP contribution is -2.47. The van der Waals surface area contributed by atoms with E-state index in [1.54, 1.807) is 13.8 Å². The van der Waals surface area contributed by atoms with Crippen LogP contribution in [0.5, 0.6) is 0 Å². The number of hydrogen-bond acceptors (Lipinski definition) is 3. The standard InChI is InChI=1S/C12H15F3N2O2/c1-11(2,7-18)17(3)10(19)8-4-5-9(16-6-8)12(13,14)15/h4-6,18H,7H2,1-3H3. The summed E-state index contributed by atoms with van der Waals surface area (Å²) in [5.41, 5.74) is -1.81. The molecule has 0 unspecified atom stereocenters. The number of hydrogen-bond donors (Lipinski definition) is 1. The Hall–Kier alpha value is -1.63. The van der Waals surface area contributed by atoms with Gasteiger partial charge in [-0.05, 0) is 26.0 Å². The number of nitrogens with zero attached hydrogens (tertiary/aromatic N) is 2. The summed E-state index contributed by atoms with van der Waals surface area (Å²) in [6.45, 7) is 3.02. The maximum absolute atomic E-state index is 12.3. The smallest absolute Gasteiger partial charge is 0.394 e. The molecule has 0 aliphatic heterocycles. The molecule has 0 bridgehead atoms. The van der Waals surface area contributed by atoms with Gasteiger partial charge in [0.1, 0.15) is 5.69 Å². The molecule has 0 aliphatic rings. The third-order valence-corrected chi connectivity index (χ3v) is 2.90. The molecule has 106 valence electrons. The average molecular weight is 276 g/mol. The number of aliphatic hydroxyl groups excluding tert-OH is 1. The van der Waals surface area contributed by atoms with Gasteiger partial charge in [0.25, 0.3) is 5.91 Å². The molecule has 0 saturated carbocycles. The second-order valence-electron chi connectivity index (χ2n) is 4.76. The maximum Gasteiger partial charge on any atom is 0.433 e. The maximum atomic E-state index is 12.3. The van der Waals surface area contributed by atoms with Crippen LogP contribution in [0.15, 0.2) is 18.3 Å². The number of aromatic nitrogens is 1. The van der Waals surface area contributed by atoms with Crippen molar-refractivity contribution in [3.8, 4) is 0 Å². The Kier molecular flexibility index (Phi) is 4.19. The molecule has 0 saturated heterocycles. The van der Waals surface area contributed by atoms with Crippen molar-refractivity contribution in [3.63, 3.8) is 0 Å². The minimum atomic E-state index is -4.53. The number of pyridine rings is 1. The van der Waals surface area contributed by atoms with E-state index in [0.29, 0.717) is 0 Å². The van der Waals surface area contributed by atoms with Crippen LogP contribution >= 0.6 is 0 Å². The molecule has 1 amide bonds. The van der Waals surface area contributed by atoms with Gasteiger partial charge in [-0.3, -0.25) is 9.78 Å². The number of carbonyl (C=O) groups excluding carboxylic acids is 1. The molecule has 1 rings (SSSR count). The molecule has 7 heteroatoms. The van der Waals surface area contributed by atoms with Gasteiger partial charge in [-0.25, -0.2) is 0 Å². The predicted octanol–water partition coefficient (Wildman–Crippen LogP) is 1.94. The molecule has 1 heterocycles. The Morgan fingerprint density at radius 1 is 1.37 bits per heavy atom. The first-order chi connectivity index (χ1) is 8.59. The first-order valence-electron chi connectivity index (χ1n) is 5.52. The van der Waals surface area contributed by atoms with Gasteiger partial charge in [0, 0.05) is 13.2 Å². The van der Waals surface area contributed by atoms with E-state index >= 15 is 0 Å². The molecule has 0 radical (unpaired) electrons. The van der Waals surface area contributed by atoms with Gasteiger partial charge < -0.3 is 10.0 Å². The van der Waals surface area contributed by atoms with Crippen molar-refractivity contribution in [2.24, 2.45) is 0 Å². The number of halogens is 3. The Bertz CT molecular complexity index is 455. The Morgan fingerprint density at radius 3 is 2.32 bits per heavy atom. The molecular formula is C12H15F3N2O2. The van der Waals surface area contributed by atoms with Crippen molar-refractivity contribution in [1.82, 2.24) is 9.88 Å². The van der Waals surface area contributed by atoms with Crippen molar-refractivity contribution < 1.29 is 23.1 Å².